The molecule has 2 heterocycles. The van der Waals surface area contributed by atoms with E-state index in [4.69, 9.17) is 23.7 Å². The monoisotopic (exact) mass is 929 g/mol. The fourth-order valence-electron chi connectivity index (χ4n) is 9.03. The Bertz CT molecular complexity index is 1220. The standard InChI is InChI=1S/C52H96O13/c1-5-7-9-11-13-15-17-19-20-21-23-24-26-28-30-32-34-39(3)36-40(4)50(60)64-48-45(57)42(38-54)62-52(65-51-47(59)46(58)44(56)41(37-53)61-51)49(48)63-43(55)35-33-31-29-27-25-22-18-16-14-12-10-8-6-2/h36,39,41-42,44-49,51-54,56-59H,5-35,37-38H2,1-4H3/t39-,41?,42?,44?,45?,46?,47?,48?,49?,51?,52?/m0/s1. The molecule has 0 spiro atoms. The molecule has 2 fully saturated rings. The fourth-order valence-corrected chi connectivity index (χ4v) is 9.03. The van der Waals surface area contributed by atoms with Gasteiger partial charge in [-0.3, -0.25) is 4.79 Å². The van der Waals surface area contributed by atoms with E-state index < -0.39 is 86.6 Å². The number of allylic oxidation sites excluding steroid dienone is 1. The molecule has 0 aliphatic carbocycles. The zero-order chi connectivity index (χ0) is 47.7. The molecule has 2 aliphatic rings. The van der Waals surface area contributed by atoms with E-state index in [0.29, 0.717) is 12.0 Å². The van der Waals surface area contributed by atoms with Gasteiger partial charge in [0.15, 0.2) is 18.5 Å². The molecule has 2 rings (SSSR count). The highest BCUT2D eigenvalue weighted by Crippen LogP contribution is 2.32. The van der Waals surface area contributed by atoms with Gasteiger partial charge in [0.05, 0.1) is 13.2 Å². The van der Waals surface area contributed by atoms with Crippen LogP contribution in [0.5, 0.6) is 0 Å². The number of ether oxygens (including phenoxy) is 5. The molecule has 11 atom stereocenters. The molecule has 13 nitrogen and oxygen atoms in total. The molecule has 2 saturated heterocycles. The number of carbonyl (C=O) groups is 2. The van der Waals surface area contributed by atoms with Gasteiger partial charge in [-0.05, 0) is 25.7 Å². The molecule has 6 N–H and O–H groups in total. The third-order valence-corrected chi connectivity index (χ3v) is 13.3. The van der Waals surface area contributed by atoms with Crippen molar-refractivity contribution in [3.63, 3.8) is 0 Å². The van der Waals surface area contributed by atoms with Gasteiger partial charge < -0.3 is 54.3 Å². The van der Waals surface area contributed by atoms with Crippen LogP contribution in [-0.4, -0.2) is 117 Å². The van der Waals surface area contributed by atoms with Crippen molar-refractivity contribution >= 4 is 11.9 Å². The van der Waals surface area contributed by atoms with Crippen LogP contribution in [0.25, 0.3) is 0 Å². The highest BCUT2D eigenvalue weighted by Gasteiger charge is 2.53. The van der Waals surface area contributed by atoms with Gasteiger partial charge >= 0.3 is 11.9 Å². The maximum atomic E-state index is 13.6. The van der Waals surface area contributed by atoms with E-state index in [1.165, 1.54) is 141 Å². The van der Waals surface area contributed by atoms with Crippen molar-refractivity contribution < 1.29 is 63.9 Å². The highest BCUT2D eigenvalue weighted by atomic mass is 16.8. The second kappa shape index (κ2) is 37.2. The van der Waals surface area contributed by atoms with E-state index in [1.807, 2.05) is 13.0 Å². The van der Waals surface area contributed by atoms with Crippen LogP contribution in [0.4, 0.5) is 0 Å². The van der Waals surface area contributed by atoms with Crippen molar-refractivity contribution in [2.24, 2.45) is 5.92 Å². The Labute approximate surface area is 393 Å². The first-order valence-electron chi connectivity index (χ1n) is 26.5. The predicted octanol–water partition coefficient (Wildman–Crippen LogP) is 9.42. The average Bonchev–Trinajstić information content (AvgIpc) is 3.29. The van der Waals surface area contributed by atoms with Crippen LogP contribution < -0.4 is 0 Å². The maximum absolute atomic E-state index is 13.6. The summed E-state index contributed by atoms with van der Waals surface area (Å²) in [6, 6.07) is 0. The topological polar surface area (TPSA) is 202 Å². The minimum absolute atomic E-state index is 0.0387. The Hall–Kier alpha value is -1.68. The van der Waals surface area contributed by atoms with Crippen LogP contribution in [0, 0.1) is 5.92 Å². The molecular formula is C52H96O13. The van der Waals surface area contributed by atoms with Crippen molar-refractivity contribution in [1.29, 1.82) is 0 Å². The Morgan fingerprint density at radius 1 is 0.508 bits per heavy atom. The summed E-state index contributed by atoms with van der Waals surface area (Å²) in [6.07, 6.45) is 22.3. The molecule has 13 heteroatoms. The summed E-state index contributed by atoms with van der Waals surface area (Å²) in [5.41, 5.74) is 0.302. The van der Waals surface area contributed by atoms with Gasteiger partial charge in [0.2, 0.25) is 6.29 Å². The third kappa shape index (κ3) is 25.0. The van der Waals surface area contributed by atoms with Crippen molar-refractivity contribution in [2.75, 3.05) is 13.2 Å². The number of esters is 2. The molecule has 0 radical (unpaired) electrons. The first kappa shape index (κ1) is 59.4. The Morgan fingerprint density at radius 2 is 0.908 bits per heavy atom. The number of rotatable bonds is 39. The summed E-state index contributed by atoms with van der Waals surface area (Å²) in [6.45, 7) is 6.71. The summed E-state index contributed by atoms with van der Waals surface area (Å²) in [7, 11) is 0. The number of aliphatic hydroxyl groups is 6. The van der Waals surface area contributed by atoms with E-state index in [0.717, 1.165) is 44.9 Å². The summed E-state index contributed by atoms with van der Waals surface area (Å²) >= 11 is 0. The molecule has 0 bridgehead atoms. The summed E-state index contributed by atoms with van der Waals surface area (Å²) < 4.78 is 28.9. The Kier molecular flexibility index (Phi) is 34.1. The Balaban J connectivity index is 1.93. The molecule has 0 saturated carbocycles. The molecule has 0 aromatic heterocycles. The molecule has 10 unspecified atom stereocenters. The average molecular weight is 929 g/mol. The minimum atomic E-state index is -1.82. The molecule has 65 heavy (non-hydrogen) atoms. The lowest BCUT2D eigenvalue weighted by atomic mass is 9.97. The fraction of sp³-hybridized carbons (Fsp3) is 0.923. The number of hydrogen-bond donors (Lipinski definition) is 6. The maximum Gasteiger partial charge on any atom is 0.333 e. The van der Waals surface area contributed by atoms with Gasteiger partial charge in [0, 0.05) is 12.0 Å². The van der Waals surface area contributed by atoms with Gasteiger partial charge in [-0.2, -0.15) is 0 Å². The summed E-state index contributed by atoms with van der Waals surface area (Å²) in [4.78, 5) is 27.0. The summed E-state index contributed by atoms with van der Waals surface area (Å²) in [5.74, 6) is -1.33. The zero-order valence-electron chi connectivity index (χ0n) is 41.3. The number of unbranched alkanes of at least 4 members (excludes halogenated alkanes) is 27. The van der Waals surface area contributed by atoms with Gasteiger partial charge in [-0.15, -0.1) is 0 Å². The van der Waals surface area contributed by atoms with E-state index in [2.05, 4.69) is 13.8 Å². The van der Waals surface area contributed by atoms with Gasteiger partial charge in [0.1, 0.15) is 36.6 Å². The van der Waals surface area contributed by atoms with Crippen LogP contribution in [0.3, 0.4) is 0 Å². The van der Waals surface area contributed by atoms with Crippen LogP contribution in [0.2, 0.25) is 0 Å². The Morgan fingerprint density at radius 3 is 1.35 bits per heavy atom. The minimum Gasteiger partial charge on any atom is -0.453 e. The lowest BCUT2D eigenvalue weighted by Gasteiger charge is -2.46. The second-order valence-electron chi connectivity index (χ2n) is 19.3. The summed E-state index contributed by atoms with van der Waals surface area (Å²) in [5, 5.41) is 62.7. The molecule has 2 aliphatic heterocycles. The molecule has 382 valence electrons. The van der Waals surface area contributed by atoms with Gasteiger partial charge in [-0.1, -0.05) is 207 Å². The van der Waals surface area contributed by atoms with Crippen LogP contribution in [0.1, 0.15) is 227 Å². The van der Waals surface area contributed by atoms with Gasteiger partial charge in [-0.25, -0.2) is 4.79 Å². The number of aliphatic hydroxyl groups excluding tert-OH is 6. The second-order valence-corrected chi connectivity index (χ2v) is 19.3. The van der Waals surface area contributed by atoms with Crippen molar-refractivity contribution in [2.45, 2.75) is 288 Å². The van der Waals surface area contributed by atoms with E-state index in [9.17, 15) is 40.2 Å². The van der Waals surface area contributed by atoms with Gasteiger partial charge in [0.25, 0.3) is 0 Å². The molecule has 0 aromatic carbocycles. The van der Waals surface area contributed by atoms with Crippen LogP contribution in [-0.2, 0) is 33.3 Å². The predicted molar refractivity (Wildman–Crippen MR) is 254 cm³/mol. The lowest BCUT2D eigenvalue weighted by Crippen LogP contribution is -2.65. The van der Waals surface area contributed by atoms with Crippen LogP contribution >= 0.6 is 0 Å². The number of hydrogen-bond acceptors (Lipinski definition) is 13. The van der Waals surface area contributed by atoms with E-state index in [-0.39, 0.29) is 12.3 Å². The number of carbonyl (C=O) groups excluding carboxylic acids is 2. The van der Waals surface area contributed by atoms with Crippen molar-refractivity contribution in [1.82, 2.24) is 0 Å². The quantitative estimate of drug-likeness (QED) is 0.0194. The molecule has 0 aromatic rings. The van der Waals surface area contributed by atoms with E-state index in [1.54, 1.807) is 6.92 Å². The van der Waals surface area contributed by atoms with Crippen LogP contribution in [0.15, 0.2) is 11.6 Å². The highest BCUT2D eigenvalue weighted by molar-refractivity contribution is 5.88. The van der Waals surface area contributed by atoms with E-state index >= 15 is 0 Å². The molecule has 0 amide bonds. The van der Waals surface area contributed by atoms with Crippen molar-refractivity contribution in [3.8, 4) is 0 Å². The van der Waals surface area contributed by atoms with Crippen molar-refractivity contribution in [3.05, 3.63) is 11.6 Å². The lowest BCUT2D eigenvalue weighted by molar-refractivity contribution is -0.376. The zero-order valence-corrected chi connectivity index (χ0v) is 41.3. The third-order valence-electron chi connectivity index (χ3n) is 13.3. The molecular weight excluding hydrogens is 833 g/mol. The smallest absolute Gasteiger partial charge is 0.333 e. The normalized spacial score (nSPS) is 26.6. The first-order valence-corrected chi connectivity index (χ1v) is 26.5. The largest absolute Gasteiger partial charge is 0.453 e. The SMILES string of the molecule is CCCCCCCCCCCCCCCCCC[C@H](C)C=C(C)C(=O)OC1C(O)C(CO)OC(OC2OC(CO)C(O)C(O)C2O)C1OC(=O)CCCCCCCCCCCCCCC. The first-order chi connectivity index (χ1) is 31.5.